The average molecular weight is 376 g/mol. The Morgan fingerprint density at radius 1 is 1.42 bits per heavy atom. The molecule has 0 radical (unpaired) electrons. The van der Waals surface area contributed by atoms with Crippen molar-refractivity contribution in [3.63, 3.8) is 0 Å². The van der Waals surface area contributed by atoms with Crippen molar-refractivity contribution in [2.45, 2.75) is 18.9 Å². The highest BCUT2D eigenvalue weighted by Crippen LogP contribution is 2.24. The zero-order valence-corrected chi connectivity index (χ0v) is 13.2. The van der Waals surface area contributed by atoms with Crippen LogP contribution >= 0.6 is 22.6 Å². The molecule has 0 unspecified atom stereocenters. The lowest BCUT2D eigenvalue weighted by atomic mass is 10.1. The van der Waals surface area contributed by atoms with Crippen LogP contribution in [0.5, 0.6) is 5.88 Å². The number of nitrogens with zero attached hydrogens (tertiary/aromatic N) is 2. The topological polar surface area (TPSA) is 51.7 Å². The summed E-state index contributed by atoms with van der Waals surface area (Å²) in [4.78, 5) is 18.5. The maximum atomic E-state index is 12.6. The zero-order chi connectivity index (χ0) is 13.8. The summed E-state index contributed by atoms with van der Waals surface area (Å²) in [6, 6.07) is 1.82. The summed E-state index contributed by atoms with van der Waals surface area (Å²) >= 11 is 2.14. The number of amides is 1. The summed E-state index contributed by atoms with van der Waals surface area (Å²) < 4.78 is 11.4. The van der Waals surface area contributed by atoms with Crippen molar-refractivity contribution in [3.8, 4) is 5.88 Å². The summed E-state index contributed by atoms with van der Waals surface area (Å²) in [5.41, 5.74) is 0.557. The van der Waals surface area contributed by atoms with E-state index in [2.05, 4.69) is 27.6 Å². The third kappa shape index (κ3) is 3.17. The predicted octanol–water partition coefficient (Wildman–Crippen LogP) is 1.95. The number of hydrogen-bond donors (Lipinski definition) is 0. The van der Waals surface area contributed by atoms with Crippen molar-refractivity contribution in [3.05, 3.63) is 21.4 Å². The molecule has 1 fully saturated rings. The molecule has 2 heterocycles. The maximum absolute atomic E-state index is 12.6. The van der Waals surface area contributed by atoms with Crippen LogP contribution in [0.4, 0.5) is 0 Å². The van der Waals surface area contributed by atoms with Gasteiger partial charge < -0.3 is 14.4 Å². The van der Waals surface area contributed by atoms with Crippen molar-refractivity contribution in [2.24, 2.45) is 0 Å². The van der Waals surface area contributed by atoms with E-state index in [1.807, 2.05) is 11.0 Å². The summed E-state index contributed by atoms with van der Waals surface area (Å²) in [7, 11) is 3.25. The first-order chi connectivity index (χ1) is 9.17. The predicted molar refractivity (Wildman–Crippen MR) is 79.4 cm³/mol. The van der Waals surface area contributed by atoms with Crippen LogP contribution in [0.2, 0.25) is 0 Å². The van der Waals surface area contributed by atoms with Crippen LogP contribution in [0.15, 0.2) is 12.3 Å². The molecule has 0 N–H and O–H groups in total. The van der Waals surface area contributed by atoms with Crippen molar-refractivity contribution in [1.29, 1.82) is 0 Å². The fraction of sp³-hybridized carbons (Fsp3) is 0.538. The Hall–Kier alpha value is -0.890. The Morgan fingerprint density at radius 2 is 2.11 bits per heavy atom. The minimum Gasteiger partial charge on any atom is -0.480 e. The van der Waals surface area contributed by atoms with E-state index in [0.717, 1.165) is 16.4 Å². The molecule has 0 bridgehead atoms. The second kappa shape index (κ2) is 6.51. The molecule has 2 rings (SSSR count). The molecular weight excluding hydrogens is 359 g/mol. The summed E-state index contributed by atoms with van der Waals surface area (Å²) in [5.74, 6) is 0.384. The van der Waals surface area contributed by atoms with Crippen LogP contribution in [0.3, 0.4) is 0 Å². The first-order valence-electron chi connectivity index (χ1n) is 6.18. The van der Waals surface area contributed by atoms with E-state index in [9.17, 15) is 4.79 Å². The Morgan fingerprint density at radius 3 is 2.68 bits per heavy atom. The number of ether oxygens (including phenoxy) is 2. The lowest BCUT2D eigenvalue weighted by Gasteiger charge is -2.31. The molecule has 19 heavy (non-hydrogen) atoms. The molecule has 6 heteroatoms. The highest BCUT2D eigenvalue weighted by Gasteiger charge is 2.27. The van der Waals surface area contributed by atoms with E-state index in [-0.39, 0.29) is 12.0 Å². The highest BCUT2D eigenvalue weighted by molar-refractivity contribution is 14.1. The number of carbonyl (C=O) groups excluding carboxylic acids is 1. The van der Waals surface area contributed by atoms with Crippen LogP contribution < -0.4 is 4.74 Å². The normalized spacial score (nSPS) is 16.5. The van der Waals surface area contributed by atoms with Crippen molar-refractivity contribution in [2.75, 3.05) is 27.3 Å². The minimum absolute atomic E-state index is 0.0103. The van der Waals surface area contributed by atoms with Crippen LogP contribution in [-0.4, -0.2) is 49.2 Å². The Labute approximate surface area is 126 Å². The minimum atomic E-state index is -0.0103. The number of pyridine rings is 1. The number of carbonyl (C=O) groups is 1. The highest BCUT2D eigenvalue weighted by atomic mass is 127. The third-order valence-electron chi connectivity index (χ3n) is 3.34. The van der Waals surface area contributed by atoms with Gasteiger partial charge in [0.05, 0.1) is 13.2 Å². The Balaban J connectivity index is 2.16. The lowest BCUT2D eigenvalue weighted by Crippen LogP contribution is -2.41. The van der Waals surface area contributed by atoms with Gasteiger partial charge in [-0.1, -0.05) is 0 Å². The van der Waals surface area contributed by atoms with Crippen LogP contribution in [0.1, 0.15) is 23.2 Å². The van der Waals surface area contributed by atoms with Gasteiger partial charge in [-0.2, -0.15) is 0 Å². The fourth-order valence-corrected chi connectivity index (χ4v) is 2.84. The second-order valence-electron chi connectivity index (χ2n) is 4.40. The summed E-state index contributed by atoms with van der Waals surface area (Å²) in [5, 5.41) is 0. The number of rotatable bonds is 3. The number of piperidine rings is 1. The van der Waals surface area contributed by atoms with Gasteiger partial charge in [-0.3, -0.25) is 4.79 Å². The standard InChI is InChI=1S/C13H17IN2O3/c1-18-9-4-7-16(8-5-9)13(17)11-10(14)3-6-15-12(11)19-2/h3,6,9H,4-5,7-8H2,1-2H3. The van der Waals surface area contributed by atoms with Gasteiger partial charge in [-0.15, -0.1) is 0 Å². The quantitative estimate of drug-likeness (QED) is 0.757. The number of methoxy groups -OCH3 is 2. The summed E-state index contributed by atoms with van der Waals surface area (Å²) in [6.45, 7) is 1.43. The van der Waals surface area contributed by atoms with Gasteiger partial charge in [-0.05, 0) is 41.5 Å². The summed E-state index contributed by atoms with van der Waals surface area (Å²) in [6.07, 6.45) is 3.66. The van der Waals surface area contributed by atoms with Gasteiger partial charge in [0.15, 0.2) is 0 Å². The van der Waals surface area contributed by atoms with Gasteiger partial charge in [0.2, 0.25) is 5.88 Å². The van der Waals surface area contributed by atoms with Crippen molar-refractivity contribution >= 4 is 28.5 Å². The molecule has 0 aromatic carbocycles. The average Bonchev–Trinajstić information content (AvgIpc) is 2.46. The first kappa shape index (κ1) is 14.5. The molecule has 0 aliphatic carbocycles. The van der Waals surface area contributed by atoms with Crippen molar-refractivity contribution in [1.82, 2.24) is 9.88 Å². The SMILES string of the molecule is COc1nccc(I)c1C(=O)N1CCC(OC)CC1. The number of likely N-dealkylation sites (tertiary alicyclic amines) is 1. The number of hydrogen-bond acceptors (Lipinski definition) is 4. The van der Waals surface area contributed by atoms with Crippen LogP contribution in [-0.2, 0) is 4.74 Å². The lowest BCUT2D eigenvalue weighted by molar-refractivity contribution is 0.0348. The molecule has 5 nitrogen and oxygen atoms in total. The molecule has 0 spiro atoms. The van der Waals surface area contributed by atoms with E-state index in [4.69, 9.17) is 9.47 Å². The van der Waals surface area contributed by atoms with Gasteiger partial charge in [0, 0.05) is 30.0 Å². The van der Waals surface area contributed by atoms with Crippen molar-refractivity contribution < 1.29 is 14.3 Å². The molecule has 0 saturated carbocycles. The van der Waals surface area contributed by atoms with E-state index in [0.29, 0.717) is 24.5 Å². The molecular formula is C13H17IN2O3. The maximum Gasteiger partial charge on any atom is 0.260 e. The van der Waals surface area contributed by atoms with Gasteiger partial charge >= 0.3 is 0 Å². The molecule has 1 aliphatic rings. The number of halogens is 1. The second-order valence-corrected chi connectivity index (χ2v) is 5.57. The van der Waals surface area contributed by atoms with E-state index < -0.39 is 0 Å². The largest absolute Gasteiger partial charge is 0.480 e. The molecule has 1 aliphatic heterocycles. The fourth-order valence-electron chi connectivity index (χ4n) is 2.22. The Kier molecular flexibility index (Phi) is 4.98. The smallest absolute Gasteiger partial charge is 0.260 e. The molecule has 1 aromatic heterocycles. The van der Waals surface area contributed by atoms with E-state index in [1.165, 1.54) is 7.11 Å². The molecule has 1 saturated heterocycles. The third-order valence-corrected chi connectivity index (χ3v) is 4.23. The van der Waals surface area contributed by atoms with Gasteiger partial charge in [-0.25, -0.2) is 4.98 Å². The Bertz CT molecular complexity index is 459. The van der Waals surface area contributed by atoms with E-state index >= 15 is 0 Å². The molecule has 1 aromatic rings. The number of aromatic nitrogens is 1. The van der Waals surface area contributed by atoms with Gasteiger partial charge in [0.1, 0.15) is 5.56 Å². The van der Waals surface area contributed by atoms with Crippen LogP contribution in [0, 0.1) is 3.57 Å². The first-order valence-corrected chi connectivity index (χ1v) is 7.25. The van der Waals surface area contributed by atoms with Gasteiger partial charge in [0.25, 0.3) is 5.91 Å². The monoisotopic (exact) mass is 376 g/mol. The molecule has 104 valence electrons. The van der Waals surface area contributed by atoms with E-state index in [1.54, 1.807) is 13.3 Å². The molecule has 0 atom stereocenters. The molecule has 1 amide bonds. The van der Waals surface area contributed by atoms with Crippen LogP contribution in [0.25, 0.3) is 0 Å². The zero-order valence-electron chi connectivity index (χ0n) is 11.1.